The molecule has 0 aliphatic heterocycles. The normalized spacial score (nSPS) is 12.2. The lowest BCUT2D eigenvalue weighted by Crippen LogP contribution is -2.22. The van der Waals surface area contributed by atoms with Crippen LogP contribution in [0.1, 0.15) is 17.1 Å². The highest BCUT2D eigenvalue weighted by atomic mass is 32.2. The lowest BCUT2D eigenvalue weighted by atomic mass is 10.1. The lowest BCUT2D eigenvalue weighted by molar-refractivity contribution is -0.137. The van der Waals surface area contributed by atoms with Crippen LogP contribution in [-0.2, 0) is 27.5 Å². The number of carbonyl (C=O) groups excluding carboxylic acids is 1. The number of hydrogen-bond acceptors (Lipinski definition) is 5. The maximum absolute atomic E-state index is 12.8. The summed E-state index contributed by atoms with van der Waals surface area (Å²) in [6.07, 6.45) is -3.49. The summed E-state index contributed by atoms with van der Waals surface area (Å²) in [7, 11) is -3.76. The molecule has 1 heterocycles. The Labute approximate surface area is 187 Å². The number of rotatable bonds is 7. The zero-order valence-corrected chi connectivity index (χ0v) is 17.6. The van der Waals surface area contributed by atoms with Crippen molar-refractivity contribution in [1.82, 2.24) is 4.72 Å². The Morgan fingerprint density at radius 1 is 1.06 bits per heavy atom. The maximum atomic E-state index is 12.8. The molecule has 0 saturated heterocycles. The average Bonchev–Trinajstić information content (AvgIpc) is 3.24. The van der Waals surface area contributed by atoms with Crippen molar-refractivity contribution in [2.75, 3.05) is 5.32 Å². The molecule has 2 N–H and O–H groups in total. The Morgan fingerprint density at radius 3 is 2.45 bits per heavy atom. The van der Waals surface area contributed by atoms with Crippen LogP contribution in [0.3, 0.4) is 0 Å². The Kier molecular flexibility index (Phi) is 7.01. The highest BCUT2D eigenvalue weighted by Gasteiger charge is 2.30. The van der Waals surface area contributed by atoms with Gasteiger partial charge < -0.3 is 9.73 Å². The molecule has 0 aliphatic rings. The predicted molar refractivity (Wildman–Crippen MR) is 113 cm³/mol. The number of benzene rings is 2. The van der Waals surface area contributed by atoms with E-state index >= 15 is 0 Å². The van der Waals surface area contributed by atoms with Gasteiger partial charge in [-0.2, -0.15) is 18.4 Å². The van der Waals surface area contributed by atoms with Crippen molar-refractivity contribution in [3.63, 3.8) is 0 Å². The molecule has 3 aromatic rings. The summed E-state index contributed by atoms with van der Waals surface area (Å²) in [5.41, 5.74) is -1.50. The van der Waals surface area contributed by atoms with E-state index in [1.165, 1.54) is 30.3 Å². The van der Waals surface area contributed by atoms with Crippen LogP contribution in [0.2, 0.25) is 0 Å². The number of sulfonamides is 1. The maximum Gasteiger partial charge on any atom is 0.416 e. The summed E-state index contributed by atoms with van der Waals surface area (Å²) in [6.45, 7) is -0.177. The summed E-state index contributed by atoms with van der Waals surface area (Å²) >= 11 is 0. The number of nitrogens with one attached hydrogen (secondary N) is 2. The molecule has 0 unspecified atom stereocenters. The summed E-state index contributed by atoms with van der Waals surface area (Å²) in [6, 6.07) is 16.2. The van der Waals surface area contributed by atoms with Gasteiger partial charge in [-0.25, -0.2) is 13.1 Å². The van der Waals surface area contributed by atoms with Crippen LogP contribution in [0.5, 0.6) is 0 Å². The molecule has 33 heavy (non-hydrogen) atoms. The van der Waals surface area contributed by atoms with Crippen molar-refractivity contribution >= 4 is 27.7 Å². The number of nitrogens with zero attached hydrogens (tertiary/aromatic N) is 1. The zero-order chi connectivity index (χ0) is 24.1. The topological polar surface area (TPSA) is 112 Å². The van der Waals surface area contributed by atoms with Gasteiger partial charge in [-0.3, -0.25) is 4.79 Å². The van der Waals surface area contributed by atoms with Crippen LogP contribution in [0, 0.1) is 11.3 Å². The first-order valence-electron chi connectivity index (χ1n) is 9.32. The van der Waals surface area contributed by atoms with Gasteiger partial charge in [0.1, 0.15) is 23.2 Å². The van der Waals surface area contributed by atoms with Crippen molar-refractivity contribution < 1.29 is 30.8 Å². The Balaban J connectivity index is 1.69. The molecular weight excluding hydrogens is 459 g/mol. The van der Waals surface area contributed by atoms with Gasteiger partial charge in [-0.05, 0) is 42.5 Å². The Bertz CT molecular complexity index is 1320. The van der Waals surface area contributed by atoms with E-state index in [9.17, 15) is 31.6 Å². The Hall–Kier alpha value is -3.88. The van der Waals surface area contributed by atoms with Crippen LogP contribution in [0.4, 0.5) is 18.9 Å². The van der Waals surface area contributed by atoms with Crippen molar-refractivity contribution in [2.45, 2.75) is 17.6 Å². The second-order valence-electron chi connectivity index (χ2n) is 6.64. The smallest absolute Gasteiger partial charge is 0.416 e. The van der Waals surface area contributed by atoms with Gasteiger partial charge in [0.25, 0.3) is 5.91 Å². The fourth-order valence-corrected chi connectivity index (χ4v) is 3.69. The third-order valence-electron chi connectivity index (χ3n) is 4.27. The fraction of sp³-hybridized carbons (Fsp3) is 0.0909. The molecule has 0 spiro atoms. The van der Waals surface area contributed by atoms with Crippen LogP contribution < -0.4 is 10.0 Å². The molecule has 7 nitrogen and oxygen atoms in total. The number of hydrogen-bond donors (Lipinski definition) is 2. The third-order valence-corrected chi connectivity index (χ3v) is 5.69. The van der Waals surface area contributed by atoms with E-state index in [2.05, 4.69) is 10.0 Å². The van der Waals surface area contributed by atoms with E-state index in [1.807, 2.05) is 0 Å². The monoisotopic (exact) mass is 475 g/mol. The molecule has 0 radical (unpaired) electrons. The number of anilines is 1. The minimum absolute atomic E-state index is 0.0784. The fourth-order valence-electron chi connectivity index (χ4n) is 2.68. The van der Waals surface area contributed by atoms with Gasteiger partial charge >= 0.3 is 6.18 Å². The standard InChI is InChI=1S/C22H16F3N3O4S/c23-22(24,25)16-5-4-6-17(12-16)28-21(29)15(13-26)11-18-9-10-19(32-18)14-27-33(30,31)20-7-2-1-3-8-20/h1-12,27H,14H2,(H,28,29)/b15-11-. The predicted octanol–water partition coefficient (Wildman–Crippen LogP) is 4.32. The molecule has 2 aromatic carbocycles. The van der Waals surface area contributed by atoms with Gasteiger partial charge in [0.15, 0.2) is 0 Å². The molecule has 0 bridgehead atoms. The molecule has 3 rings (SSSR count). The average molecular weight is 475 g/mol. The van der Waals surface area contributed by atoms with E-state index in [1.54, 1.807) is 24.3 Å². The van der Waals surface area contributed by atoms with Gasteiger partial charge in [-0.15, -0.1) is 0 Å². The number of halogens is 3. The summed E-state index contributed by atoms with van der Waals surface area (Å²) in [4.78, 5) is 12.4. The summed E-state index contributed by atoms with van der Waals surface area (Å²) < 4.78 is 70.8. The molecule has 1 aromatic heterocycles. The molecule has 1 amide bonds. The van der Waals surface area contributed by atoms with Gasteiger partial charge in [0.2, 0.25) is 10.0 Å². The zero-order valence-electron chi connectivity index (χ0n) is 16.8. The van der Waals surface area contributed by atoms with E-state index in [4.69, 9.17) is 4.42 Å². The molecule has 170 valence electrons. The van der Waals surface area contributed by atoms with Crippen molar-refractivity contribution in [3.05, 3.63) is 89.4 Å². The summed E-state index contributed by atoms with van der Waals surface area (Å²) in [5, 5.41) is 11.5. The van der Waals surface area contributed by atoms with Crippen LogP contribution >= 0.6 is 0 Å². The van der Waals surface area contributed by atoms with E-state index in [0.29, 0.717) is 0 Å². The third kappa shape index (κ3) is 6.31. The highest BCUT2D eigenvalue weighted by molar-refractivity contribution is 7.89. The first-order chi connectivity index (χ1) is 15.6. The van der Waals surface area contributed by atoms with Gasteiger partial charge in [-0.1, -0.05) is 24.3 Å². The molecule has 0 saturated carbocycles. The highest BCUT2D eigenvalue weighted by Crippen LogP contribution is 2.30. The van der Waals surface area contributed by atoms with Crippen molar-refractivity contribution in [1.29, 1.82) is 5.26 Å². The van der Waals surface area contributed by atoms with Crippen LogP contribution in [0.15, 0.2) is 81.6 Å². The van der Waals surface area contributed by atoms with Crippen molar-refractivity contribution in [2.24, 2.45) is 0 Å². The van der Waals surface area contributed by atoms with E-state index in [0.717, 1.165) is 24.3 Å². The minimum atomic E-state index is -4.58. The lowest BCUT2D eigenvalue weighted by Gasteiger charge is -2.09. The first-order valence-corrected chi connectivity index (χ1v) is 10.8. The number of furan rings is 1. The first kappa shape index (κ1) is 23.8. The number of amides is 1. The van der Waals surface area contributed by atoms with Gasteiger partial charge in [0, 0.05) is 11.8 Å². The molecule has 0 atom stereocenters. The quantitative estimate of drug-likeness (QED) is 0.390. The summed E-state index contributed by atoms with van der Waals surface area (Å²) in [5.74, 6) is -0.629. The molecular formula is C22H16F3N3O4S. The van der Waals surface area contributed by atoms with Crippen molar-refractivity contribution in [3.8, 4) is 6.07 Å². The Morgan fingerprint density at radius 2 is 1.79 bits per heavy atom. The van der Waals surface area contributed by atoms with E-state index in [-0.39, 0.29) is 28.6 Å². The number of alkyl halides is 3. The van der Waals surface area contributed by atoms with Crippen LogP contribution in [-0.4, -0.2) is 14.3 Å². The number of carbonyl (C=O) groups is 1. The SMILES string of the molecule is N#C/C(=C/c1ccc(CNS(=O)(=O)c2ccccc2)o1)C(=O)Nc1cccc(C(F)(F)F)c1. The van der Waals surface area contributed by atoms with Gasteiger partial charge in [0.05, 0.1) is 17.0 Å². The molecule has 11 heteroatoms. The number of nitriles is 1. The van der Waals surface area contributed by atoms with Crippen LogP contribution in [0.25, 0.3) is 6.08 Å². The molecule has 0 fully saturated rings. The largest absolute Gasteiger partial charge is 0.460 e. The molecule has 0 aliphatic carbocycles. The second kappa shape index (κ2) is 9.72. The minimum Gasteiger partial charge on any atom is -0.460 e. The second-order valence-corrected chi connectivity index (χ2v) is 8.41. The van der Waals surface area contributed by atoms with E-state index < -0.39 is 33.2 Å².